The molecule has 4 aliphatic carbocycles. The van der Waals surface area contributed by atoms with Gasteiger partial charge in [0.25, 0.3) is 0 Å². The van der Waals surface area contributed by atoms with Gasteiger partial charge in [-0.15, -0.1) is 0 Å². The maximum absolute atomic E-state index is 12.1. The molecule has 4 bridgehead atoms. The van der Waals surface area contributed by atoms with Crippen molar-refractivity contribution in [1.29, 1.82) is 0 Å². The Balaban J connectivity index is 1.57. The van der Waals surface area contributed by atoms with Gasteiger partial charge in [0.15, 0.2) is 0 Å². The molecule has 2 N–H and O–H groups in total. The molecular formula is C15H24N2O2. The number of hydrogen-bond acceptors (Lipinski definition) is 2. The van der Waals surface area contributed by atoms with Crippen LogP contribution in [-0.2, 0) is 9.59 Å². The minimum absolute atomic E-state index is 0.0607. The first kappa shape index (κ1) is 12.9. The van der Waals surface area contributed by atoms with Gasteiger partial charge in [0, 0.05) is 13.5 Å². The molecule has 4 nitrogen and oxygen atoms in total. The van der Waals surface area contributed by atoms with Gasteiger partial charge in [0.2, 0.25) is 11.8 Å². The van der Waals surface area contributed by atoms with Crippen molar-refractivity contribution in [3.63, 3.8) is 0 Å². The molecule has 0 unspecified atom stereocenters. The van der Waals surface area contributed by atoms with E-state index in [0.717, 1.165) is 17.8 Å². The average molecular weight is 264 g/mol. The Bertz CT molecular complexity index is 356. The smallest absolute Gasteiger partial charge is 0.239 e. The van der Waals surface area contributed by atoms with E-state index in [-0.39, 0.29) is 23.8 Å². The lowest BCUT2D eigenvalue weighted by molar-refractivity contribution is -0.131. The maximum atomic E-state index is 12.1. The Hall–Kier alpha value is -1.06. The van der Waals surface area contributed by atoms with Gasteiger partial charge in [-0.1, -0.05) is 0 Å². The summed E-state index contributed by atoms with van der Waals surface area (Å²) >= 11 is 0. The summed E-state index contributed by atoms with van der Waals surface area (Å²) in [5.41, 5.74) is 0.265. The van der Waals surface area contributed by atoms with E-state index >= 15 is 0 Å². The third-order valence-electron chi connectivity index (χ3n) is 5.43. The number of rotatable bonds is 4. The number of nitrogens with one attached hydrogen (secondary N) is 2. The fourth-order valence-corrected chi connectivity index (χ4v) is 5.18. The Morgan fingerprint density at radius 1 is 1.00 bits per heavy atom. The van der Waals surface area contributed by atoms with Crippen LogP contribution in [0.15, 0.2) is 0 Å². The summed E-state index contributed by atoms with van der Waals surface area (Å²) < 4.78 is 0. The van der Waals surface area contributed by atoms with E-state index < -0.39 is 0 Å². The van der Waals surface area contributed by atoms with Crippen molar-refractivity contribution in [2.24, 2.45) is 23.2 Å². The zero-order valence-electron chi connectivity index (χ0n) is 11.7. The number of likely N-dealkylation sites (N-methyl/N-ethyl adjacent to an activating group) is 1. The third kappa shape index (κ3) is 2.63. The van der Waals surface area contributed by atoms with E-state index in [1.165, 1.54) is 38.5 Å². The molecule has 0 atom stereocenters. The first-order chi connectivity index (χ1) is 9.08. The average Bonchev–Trinajstić information content (AvgIpc) is 2.33. The molecule has 4 saturated carbocycles. The van der Waals surface area contributed by atoms with E-state index in [1.807, 2.05) is 0 Å². The second-order valence-electron chi connectivity index (χ2n) is 7.04. The van der Waals surface area contributed by atoms with Gasteiger partial charge >= 0.3 is 0 Å². The molecule has 106 valence electrons. The molecule has 0 aromatic carbocycles. The van der Waals surface area contributed by atoms with Crippen molar-refractivity contribution in [3.05, 3.63) is 0 Å². The van der Waals surface area contributed by atoms with Crippen LogP contribution >= 0.6 is 0 Å². The van der Waals surface area contributed by atoms with Gasteiger partial charge in [0.05, 0.1) is 6.54 Å². The highest BCUT2D eigenvalue weighted by Gasteiger charge is 2.51. The highest BCUT2D eigenvalue weighted by Crippen LogP contribution is 2.61. The quantitative estimate of drug-likeness (QED) is 0.807. The molecule has 4 heteroatoms. The van der Waals surface area contributed by atoms with Crippen molar-refractivity contribution in [3.8, 4) is 0 Å². The molecular weight excluding hydrogens is 240 g/mol. The Morgan fingerprint density at radius 3 is 2.00 bits per heavy atom. The molecule has 2 amide bonds. The third-order valence-corrected chi connectivity index (χ3v) is 5.43. The van der Waals surface area contributed by atoms with Gasteiger partial charge in [-0.2, -0.15) is 0 Å². The molecule has 0 heterocycles. The zero-order chi connectivity index (χ0) is 13.5. The van der Waals surface area contributed by atoms with Crippen LogP contribution in [-0.4, -0.2) is 25.4 Å². The lowest BCUT2D eigenvalue weighted by atomic mass is 9.49. The van der Waals surface area contributed by atoms with E-state index in [0.29, 0.717) is 6.42 Å². The van der Waals surface area contributed by atoms with Crippen LogP contribution in [0.3, 0.4) is 0 Å². The number of hydrogen-bond donors (Lipinski definition) is 2. The summed E-state index contributed by atoms with van der Waals surface area (Å²) in [6, 6.07) is 0. The van der Waals surface area contributed by atoms with Crippen molar-refractivity contribution in [2.75, 3.05) is 13.6 Å². The van der Waals surface area contributed by atoms with Crippen LogP contribution in [0.2, 0.25) is 0 Å². The van der Waals surface area contributed by atoms with Crippen LogP contribution in [0.25, 0.3) is 0 Å². The topological polar surface area (TPSA) is 58.2 Å². The molecule has 0 aromatic rings. The van der Waals surface area contributed by atoms with E-state index in [1.54, 1.807) is 7.05 Å². The van der Waals surface area contributed by atoms with Crippen LogP contribution in [0, 0.1) is 23.2 Å². The van der Waals surface area contributed by atoms with E-state index in [9.17, 15) is 9.59 Å². The van der Waals surface area contributed by atoms with Crippen molar-refractivity contribution < 1.29 is 9.59 Å². The van der Waals surface area contributed by atoms with E-state index in [2.05, 4.69) is 10.6 Å². The van der Waals surface area contributed by atoms with Crippen molar-refractivity contribution in [2.45, 2.75) is 44.9 Å². The molecule has 0 aromatic heterocycles. The highest BCUT2D eigenvalue weighted by molar-refractivity contribution is 5.84. The Kier molecular flexibility index (Phi) is 3.27. The summed E-state index contributed by atoms with van der Waals surface area (Å²) in [6.45, 7) is 0.113. The normalized spacial score (nSPS) is 39.1. The predicted octanol–water partition coefficient (Wildman–Crippen LogP) is 1.46. The Labute approximate surface area is 114 Å². The zero-order valence-corrected chi connectivity index (χ0v) is 11.7. The largest absolute Gasteiger partial charge is 0.358 e. The molecule has 4 rings (SSSR count). The van der Waals surface area contributed by atoms with Crippen LogP contribution < -0.4 is 10.6 Å². The number of carbonyl (C=O) groups excluding carboxylic acids is 2. The molecule has 4 fully saturated rings. The minimum atomic E-state index is -0.126. The lowest BCUT2D eigenvalue weighted by Gasteiger charge is -2.56. The van der Waals surface area contributed by atoms with Gasteiger partial charge in [0.1, 0.15) is 0 Å². The van der Waals surface area contributed by atoms with Gasteiger partial charge < -0.3 is 10.6 Å². The standard InChI is InChI=1S/C15H24N2O2/c1-16-14(19)9-17-13(18)8-15-5-10-2-11(6-15)4-12(3-10)7-15/h10-12H,2-9H2,1H3,(H,16,19)(H,17,18). The fraction of sp³-hybridized carbons (Fsp3) is 0.867. The first-order valence-electron chi connectivity index (χ1n) is 7.56. The van der Waals surface area contributed by atoms with Gasteiger partial charge in [-0.3, -0.25) is 9.59 Å². The van der Waals surface area contributed by atoms with Gasteiger partial charge in [-0.05, 0) is 61.7 Å². The molecule has 19 heavy (non-hydrogen) atoms. The monoisotopic (exact) mass is 264 g/mol. The van der Waals surface area contributed by atoms with Crippen LogP contribution in [0.4, 0.5) is 0 Å². The SMILES string of the molecule is CNC(=O)CNC(=O)CC12CC3CC(CC(C3)C1)C2. The summed E-state index contributed by atoms with van der Waals surface area (Å²) in [5, 5.41) is 5.28. The predicted molar refractivity (Wildman–Crippen MR) is 72.3 cm³/mol. The number of carbonyl (C=O) groups is 2. The van der Waals surface area contributed by atoms with Crippen molar-refractivity contribution >= 4 is 11.8 Å². The van der Waals surface area contributed by atoms with Crippen molar-refractivity contribution in [1.82, 2.24) is 10.6 Å². The van der Waals surface area contributed by atoms with E-state index in [4.69, 9.17) is 0 Å². The highest BCUT2D eigenvalue weighted by atomic mass is 16.2. The molecule has 4 aliphatic rings. The fourth-order valence-electron chi connectivity index (χ4n) is 5.18. The second kappa shape index (κ2) is 4.80. The summed E-state index contributed by atoms with van der Waals surface area (Å²) in [4.78, 5) is 23.2. The molecule has 0 saturated heterocycles. The molecule has 0 radical (unpaired) electrons. The minimum Gasteiger partial charge on any atom is -0.358 e. The lowest BCUT2D eigenvalue weighted by Crippen LogP contribution is -2.48. The number of amides is 2. The molecule has 0 aliphatic heterocycles. The van der Waals surface area contributed by atoms with Crippen LogP contribution in [0.1, 0.15) is 44.9 Å². The maximum Gasteiger partial charge on any atom is 0.239 e. The molecule has 0 spiro atoms. The summed E-state index contributed by atoms with van der Waals surface area (Å²) in [5.74, 6) is 2.55. The second-order valence-corrected chi connectivity index (χ2v) is 7.04. The van der Waals surface area contributed by atoms with Gasteiger partial charge in [-0.25, -0.2) is 0 Å². The summed E-state index contributed by atoms with van der Waals surface area (Å²) in [7, 11) is 1.59. The Morgan fingerprint density at radius 2 is 1.53 bits per heavy atom. The summed E-state index contributed by atoms with van der Waals surface area (Å²) in [6.07, 6.45) is 8.57. The van der Waals surface area contributed by atoms with Crippen LogP contribution in [0.5, 0.6) is 0 Å². The first-order valence-corrected chi connectivity index (χ1v) is 7.56.